The molecule has 0 bridgehead atoms. The summed E-state index contributed by atoms with van der Waals surface area (Å²) in [6.07, 6.45) is 0. The topological polar surface area (TPSA) is 0 Å². The van der Waals surface area contributed by atoms with E-state index in [0.717, 1.165) is 10.7 Å². The van der Waals surface area contributed by atoms with Crippen LogP contribution in [0.5, 0.6) is 0 Å². The van der Waals surface area contributed by atoms with Crippen LogP contribution < -0.4 is 0 Å². The maximum atomic E-state index is 3.53. The molecule has 2 aromatic carbocycles. The number of hydrogen-bond donors (Lipinski definition) is 0. The van der Waals surface area contributed by atoms with Gasteiger partial charge in [0, 0.05) is 10.7 Å². The molecule has 0 radical (unpaired) electrons. The molecular weight excluding hydrogens is 328 g/mol. The van der Waals surface area contributed by atoms with E-state index in [1.807, 2.05) is 0 Å². The Labute approximate surface area is 113 Å². The van der Waals surface area contributed by atoms with Gasteiger partial charge in [0.25, 0.3) is 0 Å². The fourth-order valence-electron chi connectivity index (χ4n) is 1.74. The van der Waals surface area contributed by atoms with Gasteiger partial charge in [-0.2, -0.15) is 0 Å². The van der Waals surface area contributed by atoms with Crippen LogP contribution in [0.25, 0.3) is 11.1 Å². The molecule has 0 saturated carbocycles. The van der Waals surface area contributed by atoms with Gasteiger partial charge in [-0.1, -0.05) is 80.4 Å². The van der Waals surface area contributed by atoms with Crippen molar-refractivity contribution in [1.82, 2.24) is 0 Å². The highest BCUT2D eigenvalue weighted by atomic mass is 79.9. The van der Waals surface area contributed by atoms with Crippen molar-refractivity contribution >= 4 is 31.9 Å². The van der Waals surface area contributed by atoms with E-state index in [-0.39, 0.29) is 0 Å². The second-order valence-electron chi connectivity index (χ2n) is 3.62. The zero-order valence-corrected chi connectivity index (χ0v) is 12.0. The molecule has 0 fully saturated rings. The van der Waals surface area contributed by atoms with Crippen LogP contribution in [0.1, 0.15) is 11.1 Å². The highest BCUT2D eigenvalue weighted by Gasteiger charge is 2.03. The lowest BCUT2D eigenvalue weighted by Crippen LogP contribution is -1.86. The van der Waals surface area contributed by atoms with E-state index in [2.05, 4.69) is 80.4 Å². The van der Waals surface area contributed by atoms with Gasteiger partial charge in [0.15, 0.2) is 0 Å². The first-order valence-electron chi connectivity index (χ1n) is 5.14. The first kappa shape index (κ1) is 11.9. The Morgan fingerprint density at radius 3 is 2.38 bits per heavy atom. The molecule has 0 amide bonds. The summed E-state index contributed by atoms with van der Waals surface area (Å²) in [7, 11) is 0. The summed E-state index contributed by atoms with van der Waals surface area (Å²) < 4.78 is 0. The lowest BCUT2D eigenvalue weighted by atomic mass is 9.99. The van der Waals surface area contributed by atoms with Crippen LogP contribution in [-0.2, 0) is 10.7 Å². The predicted molar refractivity (Wildman–Crippen MR) is 77.1 cm³/mol. The summed E-state index contributed by atoms with van der Waals surface area (Å²) in [5, 5.41) is 1.79. The SMILES string of the molecule is BrCc1cccc(-c2ccccc2CBr)c1. The van der Waals surface area contributed by atoms with Crippen LogP contribution in [0.4, 0.5) is 0 Å². The van der Waals surface area contributed by atoms with Crippen molar-refractivity contribution in [2.24, 2.45) is 0 Å². The molecule has 2 aromatic rings. The van der Waals surface area contributed by atoms with E-state index >= 15 is 0 Å². The molecule has 2 heteroatoms. The van der Waals surface area contributed by atoms with Gasteiger partial charge in [-0.15, -0.1) is 0 Å². The Bertz CT molecular complexity index is 478. The minimum atomic E-state index is 0.891. The summed E-state index contributed by atoms with van der Waals surface area (Å²) in [5.41, 5.74) is 5.23. The van der Waals surface area contributed by atoms with Gasteiger partial charge < -0.3 is 0 Å². The Balaban J connectivity index is 2.49. The summed E-state index contributed by atoms with van der Waals surface area (Å²) in [4.78, 5) is 0. The molecule has 0 aromatic heterocycles. The third-order valence-electron chi connectivity index (χ3n) is 2.55. The molecule has 0 atom stereocenters. The lowest BCUT2D eigenvalue weighted by molar-refractivity contribution is 1.40. The molecule has 0 aliphatic carbocycles. The molecule has 0 spiro atoms. The van der Waals surface area contributed by atoms with Gasteiger partial charge in [-0.3, -0.25) is 0 Å². The zero-order valence-electron chi connectivity index (χ0n) is 8.79. The molecule has 0 saturated heterocycles. The monoisotopic (exact) mass is 338 g/mol. The zero-order chi connectivity index (χ0) is 11.4. The largest absolute Gasteiger partial charge is 0.0876 e. The fourth-order valence-corrected chi connectivity index (χ4v) is 2.58. The van der Waals surface area contributed by atoms with Gasteiger partial charge in [0.1, 0.15) is 0 Å². The molecule has 0 nitrogen and oxygen atoms in total. The second kappa shape index (κ2) is 5.65. The molecule has 0 aliphatic rings. The van der Waals surface area contributed by atoms with Crippen LogP contribution in [0.2, 0.25) is 0 Å². The van der Waals surface area contributed by atoms with E-state index < -0.39 is 0 Å². The molecule has 2 rings (SSSR count). The molecular formula is C14H12Br2. The molecule has 0 N–H and O–H groups in total. The average molecular weight is 340 g/mol. The predicted octanol–water partition coefficient (Wildman–Crippen LogP) is 5.14. The second-order valence-corrected chi connectivity index (χ2v) is 4.75. The number of halogens is 2. The van der Waals surface area contributed by atoms with E-state index in [1.54, 1.807) is 0 Å². The third kappa shape index (κ3) is 2.55. The normalized spacial score (nSPS) is 10.4. The lowest BCUT2D eigenvalue weighted by Gasteiger charge is -2.08. The molecule has 0 heterocycles. The van der Waals surface area contributed by atoms with Crippen molar-refractivity contribution < 1.29 is 0 Å². The van der Waals surface area contributed by atoms with E-state index in [1.165, 1.54) is 22.3 Å². The van der Waals surface area contributed by atoms with Crippen molar-refractivity contribution in [2.45, 2.75) is 10.7 Å². The molecule has 16 heavy (non-hydrogen) atoms. The van der Waals surface area contributed by atoms with Crippen molar-refractivity contribution in [2.75, 3.05) is 0 Å². The van der Waals surface area contributed by atoms with Crippen molar-refractivity contribution in [1.29, 1.82) is 0 Å². The number of benzene rings is 2. The third-order valence-corrected chi connectivity index (χ3v) is 3.81. The van der Waals surface area contributed by atoms with E-state index in [9.17, 15) is 0 Å². The van der Waals surface area contributed by atoms with Gasteiger partial charge in [-0.25, -0.2) is 0 Å². The Morgan fingerprint density at radius 2 is 1.62 bits per heavy atom. The summed E-state index contributed by atoms with van der Waals surface area (Å²) in [5.74, 6) is 0. The molecule has 82 valence electrons. The summed E-state index contributed by atoms with van der Waals surface area (Å²) in [6.45, 7) is 0. The quantitative estimate of drug-likeness (QED) is 0.679. The first-order chi connectivity index (χ1) is 7.85. The number of hydrogen-bond acceptors (Lipinski definition) is 0. The van der Waals surface area contributed by atoms with Crippen LogP contribution in [0.3, 0.4) is 0 Å². The van der Waals surface area contributed by atoms with Crippen LogP contribution in [0.15, 0.2) is 48.5 Å². The Hall–Kier alpha value is -0.600. The van der Waals surface area contributed by atoms with E-state index in [0.29, 0.717) is 0 Å². The van der Waals surface area contributed by atoms with Crippen LogP contribution in [0, 0.1) is 0 Å². The Kier molecular flexibility index (Phi) is 4.19. The van der Waals surface area contributed by atoms with E-state index in [4.69, 9.17) is 0 Å². The Morgan fingerprint density at radius 1 is 0.812 bits per heavy atom. The summed E-state index contributed by atoms with van der Waals surface area (Å²) in [6, 6.07) is 17.1. The maximum Gasteiger partial charge on any atom is 0.0289 e. The van der Waals surface area contributed by atoms with Crippen molar-refractivity contribution in [3.63, 3.8) is 0 Å². The highest BCUT2D eigenvalue weighted by Crippen LogP contribution is 2.26. The standard InChI is InChI=1S/C14H12Br2/c15-9-11-4-3-6-12(8-11)14-7-2-1-5-13(14)10-16/h1-8H,9-10H2. The molecule has 0 unspecified atom stereocenters. The fraction of sp³-hybridized carbons (Fsp3) is 0.143. The van der Waals surface area contributed by atoms with Crippen LogP contribution >= 0.6 is 31.9 Å². The minimum absolute atomic E-state index is 0.891. The van der Waals surface area contributed by atoms with Crippen LogP contribution in [-0.4, -0.2) is 0 Å². The van der Waals surface area contributed by atoms with Gasteiger partial charge in [0.05, 0.1) is 0 Å². The van der Waals surface area contributed by atoms with Crippen molar-refractivity contribution in [3.05, 3.63) is 59.7 Å². The average Bonchev–Trinajstić information content (AvgIpc) is 2.38. The van der Waals surface area contributed by atoms with Gasteiger partial charge in [-0.05, 0) is 22.3 Å². The smallest absolute Gasteiger partial charge is 0.0289 e. The highest BCUT2D eigenvalue weighted by molar-refractivity contribution is 9.08. The summed E-state index contributed by atoms with van der Waals surface area (Å²) >= 11 is 7.02. The number of alkyl halides is 2. The number of rotatable bonds is 3. The first-order valence-corrected chi connectivity index (χ1v) is 7.38. The minimum Gasteiger partial charge on any atom is -0.0876 e. The molecule has 0 aliphatic heterocycles. The van der Waals surface area contributed by atoms with Gasteiger partial charge in [0.2, 0.25) is 0 Å². The van der Waals surface area contributed by atoms with Crippen molar-refractivity contribution in [3.8, 4) is 11.1 Å². The van der Waals surface area contributed by atoms with Gasteiger partial charge >= 0.3 is 0 Å². The maximum absolute atomic E-state index is 3.53.